The SMILES string of the molecule is CCCCN(CCCC)c1nc(OCCc2ccc([N+](=O)[O-])cc2)c2ncn([C@@H]3O[C@H](COP(O)(O)=S)[C@@H](O)[C@H]3O)c2n1. The van der Waals surface area contributed by atoms with E-state index in [1.807, 2.05) is 0 Å². The summed E-state index contributed by atoms with van der Waals surface area (Å²) in [4.78, 5) is 45.4. The van der Waals surface area contributed by atoms with Gasteiger partial charge in [0, 0.05) is 31.6 Å². The van der Waals surface area contributed by atoms with E-state index >= 15 is 0 Å². The van der Waals surface area contributed by atoms with E-state index in [0.717, 1.165) is 31.2 Å². The maximum absolute atomic E-state index is 11.0. The van der Waals surface area contributed by atoms with E-state index in [9.17, 15) is 30.1 Å². The van der Waals surface area contributed by atoms with Crippen molar-refractivity contribution in [1.29, 1.82) is 0 Å². The van der Waals surface area contributed by atoms with Crippen molar-refractivity contribution in [2.75, 3.05) is 31.2 Å². The first-order chi connectivity index (χ1) is 20.5. The van der Waals surface area contributed by atoms with Crippen LogP contribution in [0.3, 0.4) is 0 Å². The van der Waals surface area contributed by atoms with Crippen molar-refractivity contribution >= 4 is 41.3 Å². The molecule has 15 nitrogen and oxygen atoms in total. The lowest BCUT2D eigenvalue weighted by atomic mass is 10.1. The Morgan fingerprint density at radius 1 is 1.12 bits per heavy atom. The van der Waals surface area contributed by atoms with Crippen molar-refractivity contribution < 1.29 is 38.9 Å². The van der Waals surface area contributed by atoms with Crippen LogP contribution in [0.2, 0.25) is 0 Å². The molecule has 0 aliphatic carbocycles. The number of rotatable bonds is 16. The van der Waals surface area contributed by atoms with Crippen LogP contribution in [0.4, 0.5) is 11.6 Å². The predicted octanol–water partition coefficient (Wildman–Crippen LogP) is 2.61. The number of nitrogens with zero attached hydrogens (tertiary/aromatic N) is 6. The second-order valence-electron chi connectivity index (χ2n) is 10.2. The molecule has 0 saturated carbocycles. The molecule has 0 bridgehead atoms. The second kappa shape index (κ2) is 14.8. The normalized spacial score (nSPS) is 20.5. The standard InChI is InChI=1S/C26H37N6O9PS/c1-3-5-12-30(13-6-4-2)26-28-23-20(24(29-26)39-14-11-17-7-9-18(10-8-17)32(35)36)27-16-31(23)25-22(34)21(33)19(41-25)15-40-42(37,38)43/h7-10,16,19,21-22,25,33-34H,3-6,11-15H2,1-2H3,(H2,37,38,43)/t19-,21-,22-,25-/m1/s1. The summed E-state index contributed by atoms with van der Waals surface area (Å²) >= 11 is 4.48. The highest BCUT2D eigenvalue weighted by Gasteiger charge is 2.45. The summed E-state index contributed by atoms with van der Waals surface area (Å²) < 4.78 is 18.3. The second-order valence-corrected chi connectivity index (χ2v) is 12.9. The molecule has 2 aromatic heterocycles. The van der Waals surface area contributed by atoms with E-state index in [1.165, 1.54) is 23.0 Å². The van der Waals surface area contributed by atoms with Crippen LogP contribution in [0.25, 0.3) is 11.2 Å². The molecular weight excluding hydrogens is 603 g/mol. The molecule has 1 aliphatic heterocycles. The molecule has 4 rings (SSSR count). The van der Waals surface area contributed by atoms with Crippen molar-refractivity contribution in [1.82, 2.24) is 19.5 Å². The average Bonchev–Trinajstić information content (AvgIpc) is 3.52. The molecule has 1 fully saturated rings. The van der Waals surface area contributed by atoms with Gasteiger partial charge >= 0.3 is 6.72 Å². The summed E-state index contributed by atoms with van der Waals surface area (Å²) in [6.45, 7) is 1.39. The molecule has 0 spiro atoms. The first kappa shape index (κ1) is 33.1. The third-order valence-corrected chi connectivity index (χ3v) is 7.82. The fourth-order valence-electron chi connectivity index (χ4n) is 4.63. The molecule has 3 aromatic rings. The van der Waals surface area contributed by atoms with Gasteiger partial charge in [-0.15, -0.1) is 0 Å². The van der Waals surface area contributed by atoms with Gasteiger partial charge in [0.15, 0.2) is 17.4 Å². The Hall–Kier alpha value is -2.82. The van der Waals surface area contributed by atoms with E-state index in [1.54, 1.807) is 12.1 Å². The van der Waals surface area contributed by atoms with Crippen molar-refractivity contribution in [2.24, 2.45) is 0 Å². The third-order valence-electron chi connectivity index (χ3n) is 7.02. The molecule has 0 unspecified atom stereocenters. The number of fused-ring (bicyclic) bond motifs is 1. The van der Waals surface area contributed by atoms with Gasteiger partial charge in [-0.05, 0) is 30.2 Å². The van der Waals surface area contributed by atoms with Gasteiger partial charge in [0.2, 0.25) is 11.8 Å². The van der Waals surface area contributed by atoms with E-state index in [0.29, 0.717) is 36.6 Å². The molecule has 3 heterocycles. The lowest BCUT2D eigenvalue weighted by Crippen LogP contribution is -2.33. The number of hydrogen-bond donors (Lipinski definition) is 4. The molecule has 17 heteroatoms. The molecule has 0 radical (unpaired) electrons. The Morgan fingerprint density at radius 3 is 2.40 bits per heavy atom. The van der Waals surface area contributed by atoms with Crippen molar-refractivity contribution in [2.45, 2.75) is 70.5 Å². The van der Waals surface area contributed by atoms with Crippen LogP contribution in [0.15, 0.2) is 30.6 Å². The first-order valence-corrected chi connectivity index (χ1v) is 16.7. The summed E-state index contributed by atoms with van der Waals surface area (Å²) in [5.74, 6) is 0.628. The minimum absolute atomic E-state index is 0.00435. The van der Waals surface area contributed by atoms with Crippen LogP contribution in [0.1, 0.15) is 51.3 Å². The number of ether oxygens (including phenoxy) is 2. The first-order valence-electron chi connectivity index (χ1n) is 14.1. The number of nitro benzene ring substituents is 1. The van der Waals surface area contributed by atoms with Crippen molar-refractivity contribution in [3.63, 3.8) is 0 Å². The summed E-state index contributed by atoms with van der Waals surface area (Å²) in [6.07, 6.45) is 0.597. The smallest absolute Gasteiger partial charge is 0.321 e. The van der Waals surface area contributed by atoms with E-state index in [2.05, 4.69) is 35.5 Å². The van der Waals surface area contributed by atoms with Gasteiger partial charge in [-0.3, -0.25) is 14.7 Å². The zero-order valence-corrected chi connectivity index (χ0v) is 25.6. The largest absolute Gasteiger partial charge is 0.476 e. The number of benzene rings is 1. The molecule has 0 amide bonds. The number of aliphatic hydroxyl groups excluding tert-OH is 2. The summed E-state index contributed by atoms with van der Waals surface area (Å²) in [7, 11) is 0. The van der Waals surface area contributed by atoms with Crippen molar-refractivity contribution in [3.8, 4) is 5.88 Å². The number of unbranched alkanes of at least 4 members (excludes halogenated alkanes) is 2. The average molecular weight is 641 g/mol. The number of non-ortho nitro benzene ring substituents is 1. The van der Waals surface area contributed by atoms with Gasteiger partial charge < -0.3 is 38.9 Å². The Kier molecular flexibility index (Phi) is 11.4. The fourth-order valence-corrected chi connectivity index (χ4v) is 5.16. The molecule has 4 N–H and O–H groups in total. The van der Waals surface area contributed by atoms with Crippen LogP contribution in [0, 0.1) is 10.1 Å². The molecule has 1 saturated heterocycles. The minimum Gasteiger partial charge on any atom is -0.476 e. The lowest BCUT2D eigenvalue weighted by molar-refractivity contribution is -0.384. The molecule has 236 valence electrons. The number of hydrogen-bond acceptors (Lipinski definition) is 12. The van der Waals surface area contributed by atoms with Crippen LogP contribution >= 0.6 is 6.72 Å². The fraction of sp³-hybridized carbons (Fsp3) is 0.577. The number of aliphatic hydroxyl groups is 2. The maximum atomic E-state index is 11.0. The zero-order valence-electron chi connectivity index (χ0n) is 23.9. The highest BCUT2D eigenvalue weighted by atomic mass is 32.5. The molecule has 1 aromatic carbocycles. The van der Waals surface area contributed by atoms with Crippen LogP contribution in [0.5, 0.6) is 5.88 Å². The Balaban J connectivity index is 1.65. The highest BCUT2D eigenvalue weighted by Crippen LogP contribution is 2.39. The highest BCUT2D eigenvalue weighted by molar-refractivity contribution is 8.06. The summed E-state index contributed by atoms with van der Waals surface area (Å²) in [6, 6.07) is 6.22. The van der Waals surface area contributed by atoms with E-state index in [4.69, 9.17) is 24.0 Å². The number of anilines is 1. The van der Waals surface area contributed by atoms with E-state index in [-0.39, 0.29) is 18.2 Å². The van der Waals surface area contributed by atoms with Crippen molar-refractivity contribution in [3.05, 3.63) is 46.3 Å². The van der Waals surface area contributed by atoms with Crippen LogP contribution in [-0.4, -0.2) is 89.1 Å². The Bertz CT molecular complexity index is 1410. The van der Waals surface area contributed by atoms with Gasteiger partial charge in [0.05, 0.1) is 24.5 Å². The molecule has 4 atom stereocenters. The van der Waals surface area contributed by atoms with Gasteiger partial charge in [0.1, 0.15) is 18.3 Å². The Morgan fingerprint density at radius 2 is 1.79 bits per heavy atom. The lowest BCUT2D eigenvalue weighted by Gasteiger charge is -2.23. The minimum atomic E-state index is -4.00. The molecule has 43 heavy (non-hydrogen) atoms. The number of nitro groups is 1. The summed E-state index contributed by atoms with van der Waals surface area (Å²) in [5.41, 5.74) is 1.46. The number of aromatic nitrogens is 4. The molecule has 1 aliphatic rings. The van der Waals surface area contributed by atoms with Crippen LogP contribution < -0.4 is 9.64 Å². The number of imidazole rings is 1. The molecular formula is C26H37N6O9PS. The maximum Gasteiger partial charge on any atom is 0.321 e. The van der Waals surface area contributed by atoms with Gasteiger partial charge in [-0.1, -0.05) is 38.8 Å². The van der Waals surface area contributed by atoms with E-state index < -0.39 is 42.8 Å². The van der Waals surface area contributed by atoms with Gasteiger partial charge in [-0.25, -0.2) is 4.98 Å². The quantitative estimate of drug-likeness (QED) is 0.101. The topological polar surface area (TPSA) is 199 Å². The van der Waals surface area contributed by atoms with Gasteiger partial charge in [0.25, 0.3) is 5.69 Å². The third kappa shape index (κ3) is 8.42. The zero-order chi connectivity index (χ0) is 31.1. The summed E-state index contributed by atoms with van der Waals surface area (Å²) in [5, 5.41) is 32.4. The predicted molar refractivity (Wildman–Crippen MR) is 160 cm³/mol. The monoisotopic (exact) mass is 640 g/mol. The van der Waals surface area contributed by atoms with Crippen LogP contribution in [-0.2, 0) is 27.5 Å². The Labute approximate surface area is 253 Å². The van der Waals surface area contributed by atoms with Gasteiger partial charge in [-0.2, -0.15) is 9.97 Å².